The van der Waals surface area contributed by atoms with Crippen molar-refractivity contribution < 1.29 is 9.53 Å². The van der Waals surface area contributed by atoms with Crippen molar-refractivity contribution in [2.45, 2.75) is 18.2 Å². The SMILES string of the molecule is CCOC(=O)C1=C(c2ccccc2)NCC([Se]c2ccccc2)C1. The third kappa shape index (κ3) is 4.08. The summed E-state index contributed by atoms with van der Waals surface area (Å²) in [6.07, 6.45) is 0.769. The van der Waals surface area contributed by atoms with Crippen LogP contribution in [0.25, 0.3) is 5.70 Å². The van der Waals surface area contributed by atoms with Crippen LogP contribution in [0.15, 0.2) is 66.2 Å². The summed E-state index contributed by atoms with van der Waals surface area (Å²) in [6.45, 7) is 3.14. The van der Waals surface area contributed by atoms with Gasteiger partial charge in [0.05, 0.1) is 0 Å². The normalized spacial score (nSPS) is 17.3. The Hall–Kier alpha value is -2.03. The number of ether oxygens (including phenoxy) is 1. The molecule has 0 saturated carbocycles. The molecule has 0 aliphatic carbocycles. The molecular weight excluding hydrogens is 365 g/mol. The maximum absolute atomic E-state index is 12.5. The first-order valence-electron chi connectivity index (χ1n) is 8.19. The van der Waals surface area contributed by atoms with Crippen LogP contribution in [0.2, 0.25) is 4.82 Å². The van der Waals surface area contributed by atoms with E-state index in [9.17, 15) is 4.79 Å². The zero-order chi connectivity index (χ0) is 16.8. The molecule has 2 aromatic carbocycles. The Morgan fingerprint density at radius 3 is 2.46 bits per heavy atom. The Morgan fingerprint density at radius 2 is 1.79 bits per heavy atom. The van der Waals surface area contributed by atoms with E-state index in [-0.39, 0.29) is 5.97 Å². The van der Waals surface area contributed by atoms with Crippen molar-refractivity contribution in [1.29, 1.82) is 0 Å². The molecule has 0 amide bonds. The van der Waals surface area contributed by atoms with Gasteiger partial charge in [0.1, 0.15) is 0 Å². The number of rotatable bonds is 5. The van der Waals surface area contributed by atoms with Gasteiger partial charge in [0.2, 0.25) is 0 Å². The van der Waals surface area contributed by atoms with Gasteiger partial charge in [0.15, 0.2) is 0 Å². The molecule has 1 aliphatic rings. The van der Waals surface area contributed by atoms with Crippen molar-refractivity contribution in [2.75, 3.05) is 13.2 Å². The Balaban J connectivity index is 1.84. The third-order valence-electron chi connectivity index (χ3n) is 3.87. The molecule has 3 rings (SSSR count). The van der Waals surface area contributed by atoms with Gasteiger partial charge in [0, 0.05) is 0 Å². The van der Waals surface area contributed by atoms with Crippen LogP contribution in [0.5, 0.6) is 0 Å². The average molecular weight is 386 g/mol. The van der Waals surface area contributed by atoms with Crippen LogP contribution in [0.3, 0.4) is 0 Å². The quantitative estimate of drug-likeness (QED) is 0.635. The second-order valence-electron chi connectivity index (χ2n) is 5.58. The predicted octanol–water partition coefficient (Wildman–Crippen LogP) is 2.77. The molecule has 0 spiro atoms. The van der Waals surface area contributed by atoms with Gasteiger partial charge in [0.25, 0.3) is 0 Å². The van der Waals surface area contributed by atoms with E-state index in [0.29, 0.717) is 26.4 Å². The fraction of sp³-hybridized carbons (Fsp3) is 0.250. The first kappa shape index (κ1) is 16.8. The van der Waals surface area contributed by atoms with Crippen molar-refractivity contribution in [3.63, 3.8) is 0 Å². The molecule has 1 atom stereocenters. The summed E-state index contributed by atoms with van der Waals surface area (Å²) in [7, 11) is 0. The first-order valence-corrected chi connectivity index (χ1v) is 10.0. The standard InChI is InChI=1S/C20H21NO2Se/c1-2-23-20(22)18-13-17(24-16-11-7-4-8-12-16)14-21-19(18)15-9-5-3-6-10-15/h3-12,17,21H,2,13-14H2,1H3. The zero-order valence-electron chi connectivity index (χ0n) is 13.7. The van der Waals surface area contributed by atoms with Gasteiger partial charge in [-0.15, -0.1) is 0 Å². The molecule has 0 bridgehead atoms. The van der Waals surface area contributed by atoms with Gasteiger partial charge in [-0.1, -0.05) is 0 Å². The zero-order valence-corrected chi connectivity index (χ0v) is 15.4. The minimum absolute atomic E-state index is 0.197. The second-order valence-corrected chi connectivity index (χ2v) is 8.46. The topological polar surface area (TPSA) is 38.3 Å². The maximum atomic E-state index is 12.5. The van der Waals surface area contributed by atoms with E-state index in [1.165, 1.54) is 4.46 Å². The number of carbonyl (C=O) groups excluding carboxylic acids is 1. The van der Waals surface area contributed by atoms with E-state index in [4.69, 9.17) is 4.74 Å². The third-order valence-corrected chi connectivity index (χ3v) is 6.41. The number of hydrogen-bond donors (Lipinski definition) is 1. The van der Waals surface area contributed by atoms with Crippen LogP contribution in [-0.4, -0.2) is 34.1 Å². The van der Waals surface area contributed by atoms with Crippen molar-refractivity contribution in [3.05, 3.63) is 71.8 Å². The second kappa shape index (κ2) is 8.18. The van der Waals surface area contributed by atoms with Gasteiger partial charge in [-0.2, -0.15) is 0 Å². The molecule has 0 aromatic heterocycles. The van der Waals surface area contributed by atoms with Crippen LogP contribution in [0, 0.1) is 0 Å². The van der Waals surface area contributed by atoms with E-state index in [1.807, 2.05) is 43.3 Å². The number of hydrogen-bond acceptors (Lipinski definition) is 3. The van der Waals surface area contributed by atoms with Crippen molar-refractivity contribution in [2.24, 2.45) is 0 Å². The Bertz CT molecular complexity index is 713. The van der Waals surface area contributed by atoms with Crippen molar-refractivity contribution in [1.82, 2.24) is 5.32 Å². The van der Waals surface area contributed by atoms with Gasteiger partial charge in [-0.05, 0) is 0 Å². The molecule has 0 radical (unpaired) electrons. The van der Waals surface area contributed by atoms with E-state index >= 15 is 0 Å². The van der Waals surface area contributed by atoms with Crippen LogP contribution in [0.1, 0.15) is 18.9 Å². The molecule has 2 aromatic rings. The predicted molar refractivity (Wildman–Crippen MR) is 98.2 cm³/mol. The van der Waals surface area contributed by atoms with Crippen LogP contribution in [-0.2, 0) is 9.53 Å². The van der Waals surface area contributed by atoms with Crippen LogP contribution < -0.4 is 9.78 Å². The minimum atomic E-state index is -0.197. The molecule has 0 fully saturated rings. The van der Waals surface area contributed by atoms with Gasteiger partial charge < -0.3 is 0 Å². The Morgan fingerprint density at radius 1 is 1.12 bits per heavy atom. The summed E-state index contributed by atoms with van der Waals surface area (Å²) in [4.78, 5) is 12.9. The van der Waals surface area contributed by atoms with Crippen molar-refractivity contribution >= 4 is 31.1 Å². The molecule has 124 valence electrons. The summed E-state index contributed by atoms with van der Waals surface area (Å²) < 4.78 is 6.67. The monoisotopic (exact) mass is 387 g/mol. The molecule has 24 heavy (non-hydrogen) atoms. The molecule has 3 nitrogen and oxygen atoms in total. The Kier molecular flexibility index (Phi) is 5.73. The van der Waals surface area contributed by atoms with Crippen molar-refractivity contribution in [3.8, 4) is 0 Å². The average Bonchev–Trinajstić information content (AvgIpc) is 2.63. The van der Waals surface area contributed by atoms with Crippen LogP contribution >= 0.6 is 0 Å². The number of esters is 1. The molecule has 1 aliphatic heterocycles. The molecule has 1 unspecified atom stereocenters. The molecule has 1 N–H and O–H groups in total. The summed E-state index contributed by atoms with van der Waals surface area (Å²) in [5.41, 5.74) is 2.75. The molecule has 0 saturated heterocycles. The first-order chi connectivity index (χ1) is 11.8. The summed E-state index contributed by atoms with van der Waals surface area (Å²) in [6, 6.07) is 20.6. The molecular formula is C20H21NO2Se. The molecule has 1 heterocycles. The Labute approximate surface area is 149 Å². The summed E-state index contributed by atoms with van der Waals surface area (Å²) in [5.74, 6) is -0.197. The fourth-order valence-corrected chi connectivity index (χ4v) is 5.13. The number of carbonyl (C=O) groups is 1. The van der Waals surface area contributed by atoms with E-state index in [1.54, 1.807) is 0 Å². The summed E-state index contributed by atoms with van der Waals surface area (Å²) >= 11 is 0.328. The van der Waals surface area contributed by atoms with E-state index in [0.717, 1.165) is 29.8 Å². The van der Waals surface area contributed by atoms with E-state index in [2.05, 4.69) is 29.6 Å². The van der Waals surface area contributed by atoms with Gasteiger partial charge >= 0.3 is 149 Å². The number of benzene rings is 2. The summed E-state index contributed by atoms with van der Waals surface area (Å²) in [5, 5.41) is 3.49. The van der Waals surface area contributed by atoms with Gasteiger partial charge in [-0.3, -0.25) is 0 Å². The van der Waals surface area contributed by atoms with E-state index < -0.39 is 0 Å². The fourth-order valence-electron chi connectivity index (χ4n) is 2.78. The van der Waals surface area contributed by atoms with Gasteiger partial charge in [-0.25, -0.2) is 0 Å². The van der Waals surface area contributed by atoms with Crippen LogP contribution in [0.4, 0.5) is 0 Å². The number of nitrogens with one attached hydrogen (secondary N) is 1. The molecule has 4 heteroatoms.